The molecule has 4 rings (SSSR count). The van der Waals surface area contributed by atoms with Crippen LogP contribution in [0.3, 0.4) is 0 Å². The maximum Gasteiger partial charge on any atom is 0.343 e. The van der Waals surface area contributed by atoms with Crippen LogP contribution in [-0.4, -0.2) is 5.97 Å². The predicted molar refractivity (Wildman–Crippen MR) is 126 cm³/mol. The van der Waals surface area contributed by atoms with Gasteiger partial charge in [0.2, 0.25) is 0 Å². The summed E-state index contributed by atoms with van der Waals surface area (Å²) in [4.78, 5) is 12.5. The van der Waals surface area contributed by atoms with Crippen molar-refractivity contribution in [2.75, 3.05) is 11.5 Å². The van der Waals surface area contributed by atoms with Gasteiger partial charge < -0.3 is 20.8 Å². The number of hydrogen-bond donors (Lipinski definition) is 2. The van der Waals surface area contributed by atoms with E-state index in [-0.39, 0.29) is 5.56 Å². The van der Waals surface area contributed by atoms with Gasteiger partial charge in [-0.15, -0.1) is 0 Å². The highest BCUT2D eigenvalue weighted by Gasteiger charge is 2.29. The van der Waals surface area contributed by atoms with Gasteiger partial charge in [-0.25, -0.2) is 4.79 Å². The number of carbonyl (C=O) groups excluding carboxylic acids is 1. The number of nitrogen functional groups attached to an aromatic ring is 2. The van der Waals surface area contributed by atoms with Crippen molar-refractivity contribution in [1.29, 1.82) is 0 Å². The van der Waals surface area contributed by atoms with E-state index in [0.29, 0.717) is 22.4 Å². The fourth-order valence-electron chi connectivity index (χ4n) is 3.41. The molecule has 0 radical (unpaired) electrons. The van der Waals surface area contributed by atoms with Crippen LogP contribution in [0.1, 0.15) is 10.4 Å². The molecule has 154 valence electrons. The Balaban J connectivity index is 1.67. The Hall–Kier alpha value is -3.82. The van der Waals surface area contributed by atoms with E-state index >= 15 is 0 Å². The normalized spacial score (nSPS) is 11.1. The minimum absolute atomic E-state index is 0.265. The summed E-state index contributed by atoms with van der Waals surface area (Å²) in [7, 11) is -3.08. The molecule has 0 fully saturated rings. The molecule has 0 saturated heterocycles. The molecule has 0 heterocycles. The topological polar surface area (TPSA) is 95.4 Å². The summed E-state index contributed by atoms with van der Waals surface area (Å²) in [5.74, 6) is -0.233. The molecule has 0 aliphatic carbocycles. The molecule has 31 heavy (non-hydrogen) atoms. The Labute approximate surface area is 180 Å². The van der Waals surface area contributed by atoms with Gasteiger partial charge in [0, 0.05) is 27.3 Å². The predicted octanol–water partition coefficient (Wildman–Crippen LogP) is 3.71. The Morgan fingerprint density at radius 3 is 1.58 bits per heavy atom. The van der Waals surface area contributed by atoms with Crippen LogP contribution in [0.4, 0.5) is 11.4 Å². The van der Waals surface area contributed by atoms with E-state index in [0.717, 1.165) is 10.6 Å². The van der Waals surface area contributed by atoms with Crippen LogP contribution >= 0.6 is 7.14 Å². The Morgan fingerprint density at radius 1 is 0.645 bits per heavy atom. The fraction of sp³-hybridized carbons (Fsp3) is 0. The van der Waals surface area contributed by atoms with E-state index in [2.05, 4.69) is 0 Å². The van der Waals surface area contributed by atoms with Crippen molar-refractivity contribution in [3.63, 3.8) is 0 Å². The lowest BCUT2D eigenvalue weighted by Gasteiger charge is -2.20. The molecule has 4 aromatic carbocycles. The van der Waals surface area contributed by atoms with Crippen LogP contribution < -0.4 is 32.1 Å². The number of benzene rings is 4. The fourth-order valence-corrected chi connectivity index (χ4v) is 6.05. The van der Waals surface area contributed by atoms with Crippen molar-refractivity contribution in [3.05, 3.63) is 109 Å². The average molecular weight is 428 g/mol. The number of esters is 1. The Morgan fingerprint density at radius 2 is 1.10 bits per heavy atom. The van der Waals surface area contributed by atoms with E-state index in [1.165, 1.54) is 12.1 Å². The van der Waals surface area contributed by atoms with E-state index < -0.39 is 13.1 Å². The number of nitrogens with two attached hydrogens (primary N) is 2. The average Bonchev–Trinajstić information content (AvgIpc) is 2.79. The van der Waals surface area contributed by atoms with Gasteiger partial charge in [-0.1, -0.05) is 60.7 Å². The first-order valence-corrected chi connectivity index (χ1v) is 11.4. The first kappa shape index (κ1) is 20.5. The second-order valence-corrected chi connectivity index (χ2v) is 9.82. The maximum absolute atomic E-state index is 14.3. The van der Waals surface area contributed by atoms with Crippen molar-refractivity contribution in [3.8, 4) is 5.75 Å². The molecule has 0 atom stereocenters. The van der Waals surface area contributed by atoms with E-state index in [1.54, 1.807) is 30.3 Å². The first-order valence-electron chi connectivity index (χ1n) is 9.67. The summed E-state index contributed by atoms with van der Waals surface area (Å²) in [6.07, 6.45) is 0. The van der Waals surface area contributed by atoms with Crippen LogP contribution in [0, 0.1) is 0 Å². The summed E-state index contributed by atoms with van der Waals surface area (Å²) >= 11 is 0. The highest BCUT2D eigenvalue weighted by atomic mass is 31.2. The molecular weight excluding hydrogens is 407 g/mol. The maximum atomic E-state index is 14.3. The number of anilines is 2. The molecule has 0 saturated carbocycles. The highest BCUT2D eigenvalue weighted by molar-refractivity contribution is 7.85. The van der Waals surface area contributed by atoms with Crippen molar-refractivity contribution in [2.24, 2.45) is 0 Å². The summed E-state index contributed by atoms with van der Waals surface area (Å²) < 4.78 is 19.8. The van der Waals surface area contributed by atoms with Gasteiger partial charge in [-0.3, -0.25) is 0 Å². The van der Waals surface area contributed by atoms with Crippen molar-refractivity contribution in [2.45, 2.75) is 0 Å². The van der Waals surface area contributed by atoms with Gasteiger partial charge in [-0.2, -0.15) is 0 Å². The third-order valence-electron chi connectivity index (χ3n) is 4.86. The number of hydrogen-bond acceptors (Lipinski definition) is 5. The monoisotopic (exact) mass is 428 g/mol. The van der Waals surface area contributed by atoms with E-state index in [9.17, 15) is 9.36 Å². The summed E-state index contributed by atoms with van der Waals surface area (Å²) in [5.41, 5.74) is 12.5. The lowest BCUT2D eigenvalue weighted by molar-refractivity contribution is 0.0735. The van der Waals surface area contributed by atoms with Crippen LogP contribution in [-0.2, 0) is 4.57 Å². The zero-order valence-electron chi connectivity index (χ0n) is 16.6. The molecule has 4 N–H and O–H groups in total. The van der Waals surface area contributed by atoms with E-state index in [4.69, 9.17) is 16.2 Å². The summed E-state index contributed by atoms with van der Waals surface area (Å²) in [6, 6.07) is 30.1. The number of ether oxygens (including phenoxy) is 1. The summed E-state index contributed by atoms with van der Waals surface area (Å²) in [6.45, 7) is 0. The van der Waals surface area contributed by atoms with Crippen molar-refractivity contribution < 1.29 is 14.1 Å². The highest BCUT2D eigenvalue weighted by Crippen LogP contribution is 2.42. The Kier molecular flexibility index (Phi) is 5.61. The minimum atomic E-state index is -3.08. The van der Waals surface area contributed by atoms with Crippen LogP contribution in [0.25, 0.3) is 0 Å². The standard InChI is InChI=1S/C25H21N2O3P/c26-19-15-18(16-20(27)17-19)25(28)30-21-11-13-24(14-12-21)31(29,22-7-3-1-4-8-22)23-9-5-2-6-10-23/h1-17H,26-27H2. The molecular formula is C25H21N2O3P. The van der Waals surface area contributed by atoms with Crippen LogP contribution in [0.2, 0.25) is 0 Å². The van der Waals surface area contributed by atoms with Crippen molar-refractivity contribution >= 4 is 40.4 Å². The molecule has 0 bridgehead atoms. The molecule has 6 heteroatoms. The Bertz CT molecular complexity index is 1190. The summed E-state index contributed by atoms with van der Waals surface area (Å²) in [5, 5.41) is 2.13. The van der Waals surface area contributed by atoms with Crippen LogP contribution in [0.15, 0.2) is 103 Å². The van der Waals surface area contributed by atoms with Crippen molar-refractivity contribution in [1.82, 2.24) is 0 Å². The molecule has 0 aliphatic heterocycles. The molecule has 0 aromatic heterocycles. The number of rotatable bonds is 5. The largest absolute Gasteiger partial charge is 0.423 e. The lowest BCUT2D eigenvalue weighted by Crippen LogP contribution is -2.24. The second-order valence-electron chi connectivity index (χ2n) is 7.05. The van der Waals surface area contributed by atoms with E-state index in [1.807, 2.05) is 60.7 Å². The molecule has 0 spiro atoms. The third-order valence-corrected chi connectivity index (χ3v) is 7.94. The third kappa shape index (κ3) is 4.23. The molecule has 0 amide bonds. The smallest absolute Gasteiger partial charge is 0.343 e. The van der Waals surface area contributed by atoms with Crippen LogP contribution in [0.5, 0.6) is 5.75 Å². The molecule has 0 unspecified atom stereocenters. The SMILES string of the molecule is Nc1cc(N)cc(C(=O)Oc2ccc(P(=O)(c3ccccc3)c3ccccc3)cc2)c1. The lowest BCUT2D eigenvalue weighted by atomic mass is 10.2. The van der Waals surface area contributed by atoms with Gasteiger partial charge in [0.15, 0.2) is 7.14 Å². The van der Waals surface area contributed by atoms with Gasteiger partial charge in [0.1, 0.15) is 5.75 Å². The minimum Gasteiger partial charge on any atom is -0.423 e. The number of carbonyl (C=O) groups is 1. The second kappa shape index (κ2) is 8.50. The van der Waals surface area contributed by atoms with Gasteiger partial charge in [-0.05, 0) is 42.5 Å². The van der Waals surface area contributed by atoms with Gasteiger partial charge in [0.25, 0.3) is 0 Å². The zero-order chi connectivity index (χ0) is 21.8. The quantitative estimate of drug-likeness (QED) is 0.219. The zero-order valence-corrected chi connectivity index (χ0v) is 17.5. The first-order chi connectivity index (χ1) is 15.0. The van der Waals surface area contributed by atoms with Gasteiger partial charge >= 0.3 is 5.97 Å². The van der Waals surface area contributed by atoms with Gasteiger partial charge in [0.05, 0.1) is 5.56 Å². The molecule has 5 nitrogen and oxygen atoms in total. The molecule has 0 aliphatic rings. The molecule has 4 aromatic rings.